The van der Waals surface area contributed by atoms with Gasteiger partial charge in [-0.2, -0.15) is 0 Å². The van der Waals surface area contributed by atoms with E-state index in [4.69, 9.17) is 4.65 Å². The molecule has 0 spiro atoms. The first-order valence-electron chi connectivity index (χ1n) is 8.11. The van der Waals surface area contributed by atoms with Crippen LogP contribution in [0.15, 0.2) is 17.0 Å². The zero-order chi connectivity index (χ0) is 16.1. The molecule has 0 bridgehead atoms. The Kier molecular flexibility index (Phi) is 3.82. The summed E-state index contributed by atoms with van der Waals surface area (Å²) in [5.74, 6) is 1.45. The van der Waals surface area contributed by atoms with Gasteiger partial charge in [0.1, 0.15) is 11.3 Å². The highest BCUT2D eigenvalue weighted by molar-refractivity contribution is 7.99. The number of nitrogens with zero attached hydrogens (tertiary/aromatic N) is 1. The molecule has 0 radical (unpaired) electrons. The van der Waals surface area contributed by atoms with E-state index in [2.05, 4.69) is 11.9 Å². The lowest BCUT2D eigenvalue weighted by atomic mass is 9.77. The van der Waals surface area contributed by atoms with Crippen molar-refractivity contribution >= 4 is 24.8 Å². The summed E-state index contributed by atoms with van der Waals surface area (Å²) in [4.78, 5) is 14.8. The van der Waals surface area contributed by atoms with E-state index in [1.165, 1.54) is 0 Å². The van der Waals surface area contributed by atoms with Crippen molar-refractivity contribution in [3.63, 3.8) is 0 Å². The van der Waals surface area contributed by atoms with Crippen molar-refractivity contribution in [1.29, 1.82) is 0 Å². The molecule has 2 heterocycles. The minimum atomic E-state index is -0.973. The van der Waals surface area contributed by atoms with Gasteiger partial charge in [0.25, 0.3) is 0 Å². The van der Waals surface area contributed by atoms with Crippen molar-refractivity contribution in [2.24, 2.45) is 5.92 Å². The number of aromatic carboxylic acids is 1. The van der Waals surface area contributed by atoms with E-state index >= 15 is 0 Å². The van der Waals surface area contributed by atoms with Crippen LogP contribution in [0.25, 0.3) is 0 Å². The molecule has 3 aliphatic rings. The highest BCUT2D eigenvalue weighted by atomic mass is 32.2. The fourth-order valence-corrected chi connectivity index (χ4v) is 4.92. The van der Waals surface area contributed by atoms with Crippen LogP contribution in [0.5, 0.6) is 5.75 Å². The second kappa shape index (κ2) is 5.72. The third kappa shape index (κ3) is 2.75. The maximum atomic E-state index is 11.7. The molecule has 2 aliphatic heterocycles. The van der Waals surface area contributed by atoms with Gasteiger partial charge >= 0.3 is 13.1 Å². The molecule has 23 heavy (non-hydrogen) atoms. The SMILES string of the molecule is CN1CC(CCSc2ccc3c(c2C(=O)O)OB(O)[C@H]2CC32)C1. The number of fused-ring (bicyclic) bond motifs is 3. The Labute approximate surface area is 140 Å². The summed E-state index contributed by atoms with van der Waals surface area (Å²) in [5, 5.41) is 19.6. The van der Waals surface area contributed by atoms with Crippen LogP contribution in [0.3, 0.4) is 0 Å². The molecule has 1 aromatic rings. The minimum Gasteiger partial charge on any atom is -0.535 e. The molecular formula is C16H20BNO4S. The predicted octanol–water partition coefficient (Wildman–Crippen LogP) is 2.16. The van der Waals surface area contributed by atoms with E-state index in [-0.39, 0.29) is 17.3 Å². The van der Waals surface area contributed by atoms with Crippen molar-refractivity contribution < 1.29 is 19.6 Å². The summed E-state index contributed by atoms with van der Waals surface area (Å²) in [6.45, 7) is 2.27. The Hall–Kier alpha value is -1.18. The van der Waals surface area contributed by atoms with Gasteiger partial charge in [0.2, 0.25) is 0 Å². The first kappa shape index (κ1) is 15.4. The predicted molar refractivity (Wildman–Crippen MR) is 89.4 cm³/mol. The molecule has 1 saturated carbocycles. The number of hydrogen-bond donors (Lipinski definition) is 2. The molecule has 1 unspecified atom stereocenters. The molecule has 0 aromatic heterocycles. The number of thioether (sulfide) groups is 1. The second-order valence-electron chi connectivity index (χ2n) is 6.90. The molecule has 1 saturated heterocycles. The first-order chi connectivity index (χ1) is 11.0. The van der Waals surface area contributed by atoms with Gasteiger partial charge in [-0.05, 0) is 49.1 Å². The molecule has 4 rings (SSSR count). The summed E-state index contributed by atoms with van der Waals surface area (Å²) in [6.07, 6.45) is 1.98. The molecule has 2 fully saturated rings. The molecule has 2 N–H and O–H groups in total. The number of hydrogen-bond acceptors (Lipinski definition) is 5. The molecule has 5 nitrogen and oxygen atoms in total. The van der Waals surface area contributed by atoms with Gasteiger partial charge in [-0.15, -0.1) is 11.8 Å². The van der Waals surface area contributed by atoms with Gasteiger partial charge in [-0.3, -0.25) is 0 Å². The fourth-order valence-electron chi connectivity index (χ4n) is 3.76. The monoisotopic (exact) mass is 333 g/mol. The first-order valence-corrected chi connectivity index (χ1v) is 9.09. The summed E-state index contributed by atoms with van der Waals surface area (Å²) in [6, 6.07) is 3.90. The normalized spacial score (nSPS) is 26.1. The van der Waals surface area contributed by atoms with Gasteiger partial charge < -0.3 is 19.7 Å². The molecular weight excluding hydrogens is 313 g/mol. The van der Waals surface area contributed by atoms with Gasteiger partial charge in [0.05, 0.1) is 0 Å². The zero-order valence-corrected chi connectivity index (χ0v) is 13.9. The standard InChI is InChI=1S/C16H20BNO4S/c1-18-7-9(8-18)4-5-23-13-3-2-10-11-6-12(11)17(21)22-15(10)14(13)16(19)20/h2-3,9,11-12,21H,4-8H2,1H3,(H,19,20)/t11?,12-/m0/s1. The fraction of sp³-hybridized carbons (Fsp3) is 0.562. The van der Waals surface area contributed by atoms with Crippen molar-refractivity contribution in [1.82, 2.24) is 4.90 Å². The lowest BCUT2D eigenvalue weighted by molar-refractivity contribution is 0.0690. The van der Waals surface area contributed by atoms with Crippen molar-refractivity contribution in [3.8, 4) is 5.75 Å². The quantitative estimate of drug-likeness (QED) is 0.636. The van der Waals surface area contributed by atoms with Crippen LogP contribution in [0, 0.1) is 5.92 Å². The van der Waals surface area contributed by atoms with E-state index in [1.807, 2.05) is 12.1 Å². The summed E-state index contributed by atoms with van der Waals surface area (Å²) in [5.41, 5.74) is 1.17. The molecule has 1 aliphatic carbocycles. The van der Waals surface area contributed by atoms with Crippen LogP contribution in [0.2, 0.25) is 5.82 Å². The number of carboxylic acid groups (broad SMARTS) is 1. The zero-order valence-electron chi connectivity index (χ0n) is 13.1. The molecule has 122 valence electrons. The van der Waals surface area contributed by atoms with Gasteiger partial charge in [-0.25, -0.2) is 4.79 Å². The Morgan fingerprint density at radius 1 is 1.48 bits per heavy atom. The third-order valence-corrected chi connectivity index (χ3v) is 6.22. The number of benzene rings is 1. The third-order valence-electron chi connectivity index (χ3n) is 5.13. The smallest absolute Gasteiger partial charge is 0.526 e. The van der Waals surface area contributed by atoms with Crippen molar-refractivity contribution in [3.05, 3.63) is 23.3 Å². The summed E-state index contributed by atoms with van der Waals surface area (Å²) < 4.78 is 5.55. The van der Waals surface area contributed by atoms with Crippen LogP contribution in [-0.2, 0) is 0 Å². The molecule has 2 atom stereocenters. The summed E-state index contributed by atoms with van der Waals surface area (Å²) >= 11 is 1.58. The second-order valence-corrected chi connectivity index (χ2v) is 8.04. The van der Waals surface area contributed by atoms with E-state index in [0.717, 1.165) is 48.1 Å². The van der Waals surface area contributed by atoms with Crippen molar-refractivity contribution in [2.75, 3.05) is 25.9 Å². The van der Waals surface area contributed by atoms with E-state index in [9.17, 15) is 14.9 Å². The number of rotatable bonds is 5. The van der Waals surface area contributed by atoms with Crippen LogP contribution in [0.4, 0.5) is 0 Å². The Balaban J connectivity index is 1.52. The van der Waals surface area contributed by atoms with E-state index < -0.39 is 13.1 Å². The maximum Gasteiger partial charge on any atom is 0.526 e. The van der Waals surface area contributed by atoms with Crippen LogP contribution >= 0.6 is 11.8 Å². The molecule has 1 aromatic carbocycles. The average molecular weight is 333 g/mol. The summed E-state index contributed by atoms with van der Waals surface area (Å²) in [7, 11) is 1.25. The maximum absolute atomic E-state index is 11.7. The van der Waals surface area contributed by atoms with Gasteiger partial charge in [-0.1, -0.05) is 6.07 Å². The van der Waals surface area contributed by atoms with Crippen LogP contribution in [0.1, 0.15) is 34.7 Å². The Morgan fingerprint density at radius 3 is 2.96 bits per heavy atom. The highest BCUT2D eigenvalue weighted by Gasteiger charge is 2.54. The van der Waals surface area contributed by atoms with Gasteiger partial charge in [0, 0.05) is 23.8 Å². The minimum absolute atomic E-state index is 0.137. The largest absolute Gasteiger partial charge is 0.535 e. The van der Waals surface area contributed by atoms with Crippen LogP contribution < -0.4 is 4.65 Å². The Bertz CT molecular complexity index is 649. The van der Waals surface area contributed by atoms with E-state index in [0.29, 0.717) is 5.75 Å². The highest BCUT2D eigenvalue weighted by Crippen LogP contribution is 2.60. The molecule has 7 heteroatoms. The number of carbonyl (C=O) groups is 1. The lowest BCUT2D eigenvalue weighted by Crippen LogP contribution is -2.43. The van der Waals surface area contributed by atoms with Crippen LogP contribution in [-0.4, -0.2) is 54.0 Å². The Morgan fingerprint density at radius 2 is 2.26 bits per heavy atom. The average Bonchev–Trinajstić information content (AvgIpc) is 3.25. The topological polar surface area (TPSA) is 70.0 Å². The number of carboxylic acids is 1. The molecule has 0 amide bonds. The lowest BCUT2D eigenvalue weighted by Gasteiger charge is -2.36. The van der Waals surface area contributed by atoms with Gasteiger partial charge in [0.15, 0.2) is 0 Å². The number of likely N-dealkylation sites (tertiary alicyclic amines) is 1. The van der Waals surface area contributed by atoms with E-state index in [1.54, 1.807) is 11.8 Å². The van der Waals surface area contributed by atoms with Crippen molar-refractivity contribution in [2.45, 2.75) is 29.5 Å².